The lowest BCUT2D eigenvalue weighted by atomic mass is 9.75. The van der Waals surface area contributed by atoms with E-state index < -0.39 is 5.60 Å². The highest BCUT2D eigenvalue weighted by atomic mass is 16.3. The summed E-state index contributed by atoms with van der Waals surface area (Å²) < 4.78 is 3.27. The van der Waals surface area contributed by atoms with E-state index in [2.05, 4.69) is 41.0 Å². The summed E-state index contributed by atoms with van der Waals surface area (Å²) in [6.45, 7) is 8.02. The summed E-state index contributed by atoms with van der Waals surface area (Å²) in [5.41, 5.74) is 12.3. The number of anilines is 2. The highest BCUT2D eigenvalue weighted by Gasteiger charge is 2.37. The first-order chi connectivity index (χ1) is 19.8. The Bertz CT molecular complexity index is 1760. The molecule has 3 aromatic heterocycles. The number of pyridine rings is 1. The lowest BCUT2D eigenvalue weighted by Crippen LogP contribution is -2.35. The van der Waals surface area contributed by atoms with Crippen molar-refractivity contribution < 1.29 is 5.11 Å². The molecule has 2 aliphatic carbocycles. The molecule has 1 aromatic carbocycles. The van der Waals surface area contributed by atoms with Gasteiger partial charge in [-0.25, -0.2) is 19.3 Å². The zero-order valence-corrected chi connectivity index (χ0v) is 23.6. The third kappa shape index (κ3) is 4.12. The molecule has 0 bridgehead atoms. The summed E-state index contributed by atoms with van der Waals surface area (Å²) in [4.78, 5) is 30.0. The predicted octanol–water partition coefficient (Wildman–Crippen LogP) is 3.77. The van der Waals surface area contributed by atoms with Crippen LogP contribution in [0.3, 0.4) is 0 Å². The van der Waals surface area contributed by atoms with Crippen LogP contribution in [0.25, 0.3) is 16.9 Å². The second-order valence-corrected chi connectivity index (χ2v) is 11.8. The van der Waals surface area contributed by atoms with Crippen LogP contribution < -0.4 is 16.6 Å². The average molecular weight is 553 g/mol. The molecule has 3 aliphatic rings. The van der Waals surface area contributed by atoms with Gasteiger partial charge in [-0.1, -0.05) is 19.1 Å². The number of aliphatic hydroxyl groups is 1. The van der Waals surface area contributed by atoms with Crippen LogP contribution in [0.4, 0.5) is 11.6 Å². The van der Waals surface area contributed by atoms with Crippen LogP contribution in [0.15, 0.2) is 47.9 Å². The highest BCUT2D eigenvalue weighted by Crippen LogP contribution is 2.43. The van der Waals surface area contributed by atoms with Gasteiger partial charge < -0.3 is 21.1 Å². The molecule has 0 saturated heterocycles. The van der Waals surface area contributed by atoms with Crippen molar-refractivity contribution in [3.05, 3.63) is 81.4 Å². The van der Waals surface area contributed by atoms with Crippen LogP contribution >= 0.6 is 0 Å². The first-order valence-electron chi connectivity index (χ1n) is 14.5. The smallest absolute Gasteiger partial charge is 0.278 e. The van der Waals surface area contributed by atoms with Crippen molar-refractivity contribution in [2.45, 2.75) is 69.7 Å². The third-order valence-corrected chi connectivity index (χ3v) is 9.15. The first-order valence-corrected chi connectivity index (χ1v) is 14.5. The molecule has 0 fully saturated rings. The second kappa shape index (κ2) is 9.61. The number of allylic oxidation sites excluding steroid dienone is 1. The van der Waals surface area contributed by atoms with Gasteiger partial charge in [-0.15, -0.1) is 6.58 Å². The fraction of sp³-hybridized carbons (Fsp3) is 0.419. The fourth-order valence-electron chi connectivity index (χ4n) is 7.08. The Morgan fingerprint density at radius 1 is 1.24 bits per heavy atom. The van der Waals surface area contributed by atoms with E-state index >= 15 is 0 Å². The summed E-state index contributed by atoms with van der Waals surface area (Å²) in [6.07, 6.45) is 7.31. The minimum absolute atomic E-state index is 0.0133. The maximum absolute atomic E-state index is 13.4. The highest BCUT2D eigenvalue weighted by molar-refractivity contribution is 5.77. The molecule has 0 radical (unpaired) electrons. The van der Waals surface area contributed by atoms with E-state index in [0.29, 0.717) is 47.3 Å². The monoisotopic (exact) mass is 552 g/mol. The molecule has 4 aromatic rings. The summed E-state index contributed by atoms with van der Waals surface area (Å²) in [7, 11) is 2.16. The number of nitrogens with two attached hydrogens (primary N) is 1. The Morgan fingerprint density at radius 2 is 2.10 bits per heavy atom. The predicted molar refractivity (Wildman–Crippen MR) is 159 cm³/mol. The van der Waals surface area contributed by atoms with Gasteiger partial charge >= 0.3 is 0 Å². The van der Waals surface area contributed by atoms with Gasteiger partial charge in [0.25, 0.3) is 5.56 Å². The van der Waals surface area contributed by atoms with Gasteiger partial charge in [0, 0.05) is 31.0 Å². The molecule has 7 rings (SSSR count). The van der Waals surface area contributed by atoms with E-state index in [4.69, 9.17) is 15.7 Å². The van der Waals surface area contributed by atoms with Crippen LogP contribution in [0, 0.1) is 0 Å². The number of hydrogen-bond acceptors (Lipinski definition) is 8. The number of hydrogen-bond donors (Lipinski definition) is 3. The van der Waals surface area contributed by atoms with Gasteiger partial charge in [0.15, 0.2) is 11.5 Å². The quantitative estimate of drug-likeness (QED) is 0.309. The van der Waals surface area contributed by atoms with Crippen LogP contribution in [0.2, 0.25) is 0 Å². The van der Waals surface area contributed by atoms with Gasteiger partial charge in [0.1, 0.15) is 11.0 Å². The lowest BCUT2D eigenvalue weighted by Gasteiger charge is -2.39. The SMILES string of the molecule is C=CCn1c(=O)c2cnc(Nc3cc4c5c(c3)C(N)CCC5CN(C)C4)nc2n1-c1ccc2c(n1)C(O)(CC)CC2. The van der Waals surface area contributed by atoms with E-state index in [1.54, 1.807) is 21.6 Å². The normalized spacial score (nSPS) is 23.4. The van der Waals surface area contributed by atoms with E-state index in [0.717, 1.165) is 43.6 Å². The molecule has 0 amide bonds. The van der Waals surface area contributed by atoms with Crippen LogP contribution in [0.5, 0.6) is 0 Å². The van der Waals surface area contributed by atoms with Crippen molar-refractivity contribution in [2.24, 2.45) is 5.73 Å². The average Bonchev–Trinajstić information content (AvgIpc) is 3.44. The van der Waals surface area contributed by atoms with Crippen molar-refractivity contribution in [2.75, 3.05) is 18.9 Å². The Balaban J connectivity index is 1.34. The third-order valence-electron chi connectivity index (χ3n) is 9.15. The molecule has 1 aliphatic heterocycles. The minimum Gasteiger partial charge on any atom is -0.384 e. The topological polar surface area (TPSA) is 127 Å². The van der Waals surface area contributed by atoms with Crippen molar-refractivity contribution in [1.29, 1.82) is 0 Å². The van der Waals surface area contributed by atoms with E-state index in [-0.39, 0.29) is 18.1 Å². The maximum atomic E-state index is 13.4. The number of likely N-dealkylation sites (N-methyl/N-ethyl adjacent to an activating group) is 1. The number of fused-ring (bicyclic) bond motifs is 2. The molecule has 4 heterocycles. The molecular formula is C31H36N8O2. The number of benzene rings is 1. The Hall–Kier alpha value is -3.86. The van der Waals surface area contributed by atoms with Crippen molar-refractivity contribution >= 4 is 22.7 Å². The van der Waals surface area contributed by atoms with Crippen LogP contribution in [-0.4, -0.2) is 47.9 Å². The van der Waals surface area contributed by atoms with Crippen LogP contribution in [0.1, 0.15) is 72.5 Å². The molecular weight excluding hydrogens is 516 g/mol. The van der Waals surface area contributed by atoms with Gasteiger partial charge in [-0.2, -0.15) is 4.98 Å². The molecule has 10 heteroatoms. The van der Waals surface area contributed by atoms with Crippen molar-refractivity contribution in [3.63, 3.8) is 0 Å². The van der Waals surface area contributed by atoms with E-state index in [1.807, 2.05) is 19.1 Å². The summed E-state index contributed by atoms with van der Waals surface area (Å²) in [5.74, 6) is 1.42. The molecule has 3 unspecified atom stereocenters. The summed E-state index contributed by atoms with van der Waals surface area (Å²) >= 11 is 0. The molecule has 0 spiro atoms. The maximum Gasteiger partial charge on any atom is 0.278 e. The largest absolute Gasteiger partial charge is 0.384 e. The first kappa shape index (κ1) is 26.1. The van der Waals surface area contributed by atoms with Gasteiger partial charge in [-0.05, 0) is 85.5 Å². The number of nitrogens with zero attached hydrogens (tertiary/aromatic N) is 6. The number of aryl methyl sites for hydroxylation is 1. The Morgan fingerprint density at radius 3 is 2.90 bits per heavy atom. The molecule has 4 N–H and O–H groups in total. The number of aromatic nitrogens is 5. The molecule has 0 saturated carbocycles. The molecule has 41 heavy (non-hydrogen) atoms. The summed E-state index contributed by atoms with van der Waals surface area (Å²) in [6, 6.07) is 8.21. The zero-order valence-electron chi connectivity index (χ0n) is 23.6. The van der Waals surface area contributed by atoms with Gasteiger partial charge in [-0.3, -0.25) is 4.79 Å². The van der Waals surface area contributed by atoms with Gasteiger partial charge in [0.05, 0.1) is 12.2 Å². The summed E-state index contributed by atoms with van der Waals surface area (Å²) in [5, 5.41) is 15.0. The second-order valence-electron chi connectivity index (χ2n) is 11.8. The zero-order chi connectivity index (χ0) is 28.5. The van der Waals surface area contributed by atoms with E-state index in [9.17, 15) is 9.90 Å². The Labute approximate surface area is 238 Å². The van der Waals surface area contributed by atoms with E-state index in [1.165, 1.54) is 16.7 Å². The molecule has 3 atom stereocenters. The minimum atomic E-state index is -0.972. The van der Waals surface area contributed by atoms with Crippen molar-refractivity contribution in [1.82, 2.24) is 29.2 Å². The lowest BCUT2D eigenvalue weighted by molar-refractivity contribution is 0.0306. The number of nitrogens with one attached hydrogen (secondary N) is 1. The molecule has 212 valence electrons. The van der Waals surface area contributed by atoms with Gasteiger partial charge in [0.2, 0.25) is 5.95 Å². The Kier molecular flexibility index (Phi) is 6.11. The number of rotatable bonds is 6. The fourth-order valence-corrected chi connectivity index (χ4v) is 7.08. The standard InChI is InChI=1S/C31H36N8O2/c1-4-12-38-29(40)23-15-33-30(34-21-13-20-17-37(3)16-19-6-8-24(32)22(14-21)26(19)20)36-28(23)39(38)25-9-7-18-10-11-31(41,5-2)27(18)35-25/h4,7,9,13-15,19,24,41H,1,5-6,8,10-12,16-17,32H2,2-3H3,(H,33,34,36). The van der Waals surface area contributed by atoms with Crippen LogP contribution in [-0.2, 0) is 25.1 Å². The molecule has 10 nitrogen and oxygen atoms in total. The van der Waals surface area contributed by atoms with Crippen molar-refractivity contribution in [3.8, 4) is 5.82 Å².